The lowest BCUT2D eigenvalue weighted by Gasteiger charge is -2.20. The van der Waals surface area contributed by atoms with Crippen LogP contribution in [0.1, 0.15) is 40.0 Å². The maximum atomic E-state index is 13.4. The van der Waals surface area contributed by atoms with Gasteiger partial charge in [-0.1, -0.05) is 48.5 Å². The van der Waals surface area contributed by atoms with E-state index in [0.29, 0.717) is 16.7 Å². The largest absolute Gasteiger partial charge is 0.457 e. The molecule has 0 spiro atoms. The monoisotopic (exact) mass is 435 g/mol. The Morgan fingerprint density at radius 3 is 2.64 bits per heavy atom. The highest BCUT2D eigenvalue weighted by atomic mass is 16.5. The van der Waals surface area contributed by atoms with Gasteiger partial charge in [-0.15, -0.1) is 0 Å². The Kier molecular flexibility index (Phi) is 4.68. The van der Waals surface area contributed by atoms with E-state index >= 15 is 0 Å². The summed E-state index contributed by atoms with van der Waals surface area (Å²) in [4.78, 5) is 30.4. The number of hydrogen-bond donors (Lipinski definition) is 0. The number of aryl methyl sites for hydroxylation is 1. The van der Waals surface area contributed by atoms with E-state index in [0.717, 1.165) is 64.0 Å². The van der Waals surface area contributed by atoms with Crippen molar-refractivity contribution in [1.29, 1.82) is 0 Å². The van der Waals surface area contributed by atoms with Crippen LogP contribution < -0.4 is 5.63 Å². The van der Waals surface area contributed by atoms with Gasteiger partial charge in [-0.3, -0.25) is 4.98 Å². The minimum absolute atomic E-state index is 0.0135. The second kappa shape index (κ2) is 7.85. The first-order valence-corrected chi connectivity index (χ1v) is 11.2. The number of benzene rings is 3. The van der Waals surface area contributed by atoms with Crippen LogP contribution in [-0.2, 0) is 24.2 Å². The Balaban J connectivity index is 1.44. The highest BCUT2D eigenvalue weighted by Gasteiger charge is 2.24. The summed E-state index contributed by atoms with van der Waals surface area (Å²) in [7, 11) is 0. The van der Waals surface area contributed by atoms with E-state index in [2.05, 4.69) is 0 Å². The van der Waals surface area contributed by atoms with Crippen LogP contribution in [-0.4, -0.2) is 11.0 Å². The lowest BCUT2D eigenvalue weighted by atomic mass is 9.90. The maximum Gasteiger partial charge on any atom is 0.339 e. The van der Waals surface area contributed by atoms with E-state index in [1.165, 1.54) is 6.07 Å². The Hall–Kier alpha value is -3.99. The van der Waals surface area contributed by atoms with Crippen molar-refractivity contribution in [3.63, 3.8) is 0 Å². The van der Waals surface area contributed by atoms with Crippen molar-refractivity contribution in [3.05, 3.63) is 99.5 Å². The normalized spacial score (nSPS) is 13.3. The van der Waals surface area contributed by atoms with E-state index in [4.69, 9.17) is 14.1 Å². The van der Waals surface area contributed by atoms with Crippen LogP contribution in [0.3, 0.4) is 0 Å². The first-order chi connectivity index (χ1) is 16.2. The molecule has 0 saturated heterocycles. The molecule has 2 aromatic heterocycles. The van der Waals surface area contributed by atoms with E-state index in [1.807, 2.05) is 54.6 Å². The van der Waals surface area contributed by atoms with E-state index in [9.17, 15) is 9.59 Å². The summed E-state index contributed by atoms with van der Waals surface area (Å²) in [5.41, 5.74) is 4.05. The average molecular weight is 435 g/mol. The summed E-state index contributed by atoms with van der Waals surface area (Å²) >= 11 is 0. The third-order valence-electron chi connectivity index (χ3n) is 6.45. The van der Waals surface area contributed by atoms with Crippen molar-refractivity contribution in [3.8, 4) is 0 Å². The number of carbonyl (C=O) groups excluding carboxylic acids is 1. The molecule has 162 valence electrons. The molecule has 0 N–H and O–H groups in total. The van der Waals surface area contributed by atoms with E-state index in [-0.39, 0.29) is 12.6 Å². The van der Waals surface area contributed by atoms with Crippen LogP contribution in [0.25, 0.3) is 32.6 Å². The summed E-state index contributed by atoms with van der Waals surface area (Å²) in [6.45, 7) is -0.0135. The summed E-state index contributed by atoms with van der Waals surface area (Å²) in [5, 5.41) is 3.59. The second-order valence-electron chi connectivity index (χ2n) is 8.46. The van der Waals surface area contributed by atoms with Crippen LogP contribution in [0.5, 0.6) is 0 Å². The predicted octanol–water partition coefficient (Wildman–Crippen LogP) is 5.73. The van der Waals surface area contributed by atoms with Gasteiger partial charge in [0.15, 0.2) is 0 Å². The topological polar surface area (TPSA) is 69.4 Å². The van der Waals surface area contributed by atoms with Crippen LogP contribution in [0.4, 0.5) is 0 Å². The molecular formula is C28H21NO4. The number of rotatable bonds is 3. The van der Waals surface area contributed by atoms with Gasteiger partial charge in [0, 0.05) is 28.1 Å². The Morgan fingerprint density at radius 2 is 1.73 bits per heavy atom. The van der Waals surface area contributed by atoms with Crippen molar-refractivity contribution in [2.45, 2.75) is 32.3 Å². The maximum absolute atomic E-state index is 13.4. The molecule has 0 amide bonds. The quantitative estimate of drug-likeness (QED) is 0.206. The van der Waals surface area contributed by atoms with Crippen molar-refractivity contribution >= 4 is 38.6 Å². The molecular weight excluding hydrogens is 414 g/mol. The zero-order valence-corrected chi connectivity index (χ0v) is 18.0. The molecule has 6 rings (SSSR count). The molecule has 0 bridgehead atoms. The molecule has 0 aliphatic heterocycles. The molecule has 2 heterocycles. The number of para-hydroxylation sites is 1. The molecule has 5 nitrogen and oxygen atoms in total. The van der Waals surface area contributed by atoms with Gasteiger partial charge in [0.2, 0.25) is 0 Å². The number of aromatic nitrogens is 1. The fraction of sp³-hybridized carbons (Fsp3) is 0.179. The van der Waals surface area contributed by atoms with Gasteiger partial charge in [0.1, 0.15) is 12.2 Å². The molecule has 33 heavy (non-hydrogen) atoms. The Morgan fingerprint density at radius 1 is 0.939 bits per heavy atom. The van der Waals surface area contributed by atoms with Gasteiger partial charge in [-0.05, 0) is 54.2 Å². The Bertz CT molecular complexity index is 1620. The second-order valence-corrected chi connectivity index (χ2v) is 8.46. The summed E-state index contributed by atoms with van der Waals surface area (Å²) < 4.78 is 11.3. The molecule has 0 atom stereocenters. The summed E-state index contributed by atoms with van der Waals surface area (Å²) in [6, 6.07) is 20.7. The Labute approximate surface area is 189 Å². The van der Waals surface area contributed by atoms with Crippen LogP contribution in [0, 0.1) is 0 Å². The standard InChI is InChI=1S/C28H21NO4/c30-25-15-18(26-19-8-2-1-7-17(19)13-14-24(26)33-25)16-32-28(31)27-20-9-3-5-11-22(20)29-23-12-6-4-10-21(23)27/h1-3,5,7-9,11,13-15H,4,6,10,12,16H2. The number of nitrogens with zero attached hydrogens (tertiary/aromatic N) is 1. The fourth-order valence-electron chi connectivity index (χ4n) is 4.96. The van der Waals surface area contributed by atoms with E-state index < -0.39 is 5.63 Å². The molecule has 1 aliphatic rings. The van der Waals surface area contributed by atoms with Gasteiger partial charge in [-0.2, -0.15) is 0 Å². The van der Waals surface area contributed by atoms with Gasteiger partial charge < -0.3 is 9.15 Å². The number of hydrogen-bond acceptors (Lipinski definition) is 5. The molecule has 1 aliphatic carbocycles. The van der Waals surface area contributed by atoms with Crippen LogP contribution >= 0.6 is 0 Å². The van der Waals surface area contributed by atoms with Crippen molar-refractivity contribution in [1.82, 2.24) is 4.98 Å². The fourth-order valence-corrected chi connectivity index (χ4v) is 4.96. The molecule has 0 unspecified atom stereocenters. The number of fused-ring (bicyclic) bond motifs is 5. The summed E-state index contributed by atoms with van der Waals surface area (Å²) in [5.74, 6) is -0.381. The predicted molar refractivity (Wildman–Crippen MR) is 127 cm³/mol. The highest BCUT2D eigenvalue weighted by molar-refractivity contribution is 6.07. The van der Waals surface area contributed by atoms with Crippen LogP contribution in [0.15, 0.2) is 75.9 Å². The smallest absolute Gasteiger partial charge is 0.339 e. The van der Waals surface area contributed by atoms with Crippen molar-refractivity contribution < 1.29 is 13.9 Å². The molecule has 3 aromatic carbocycles. The lowest BCUT2D eigenvalue weighted by molar-refractivity contribution is 0.0474. The molecule has 5 aromatic rings. The highest BCUT2D eigenvalue weighted by Crippen LogP contribution is 2.31. The SMILES string of the molecule is O=C(OCc1cc(=O)oc2ccc3ccccc3c12)c1c2c(nc3ccccc13)CCCC2. The molecule has 5 heteroatoms. The zero-order valence-electron chi connectivity index (χ0n) is 18.0. The summed E-state index contributed by atoms with van der Waals surface area (Å²) in [6.07, 6.45) is 3.80. The van der Waals surface area contributed by atoms with Crippen molar-refractivity contribution in [2.24, 2.45) is 0 Å². The minimum Gasteiger partial charge on any atom is -0.457 e. The lowest BCUT2D eigenvalue weighted by Crippen LogP contribution is -2.16. The molecule has 0 radical (unpaired) electrons. The van der Waals surface area contributed by atoms with Gasteiger partial charge in [0.25, 0.3) is 0 Å². The number of carbonyl (C=O) groups is 1. The molecule has 0 saturated carbocycles. The minimum atomic E-state index is -0.462. The first kappa shape index (κ1) is 19.7. The third-order valence-corrected chi connectivity index (χ3v) is 6.45. The van der Waals surface area contributed by atoms with Gasteiger partial charge in [0.05, 0.1) is 11.1 Å². The number of ether oxygens (including phenoxy) is 1. The van der Waals surface area contributed by atoms with Crippen LogP contribution in [0.2, 0.25) is 0 Å². The number of esters is 1. The first-order valence-electron chi connectivity index (χ1n) is 11.2. The average Bonchev–Trinajstić information content (AvgIpc) is 2.85. The van der Waals surface area contributed by atoms with E-state index in [1.54, 1.807) is 6.07 Å². The van der Waals surface area contributed by atoms with Gasteiger partial charge in [-0.25, -0.2) is 9.59 Å². The third kappa shape index (κ3) is 3.37. The molecule has 0 fully saturated rings. The van der Waals surface area contributed by atoms with Gasteiger partial charge >= 0.3 is 11.6 Å². The van der Waals surface area contributed by atoms with Crippen molar-refractivity contribution in [2.75, 3.05) is 0 Å². The zero-order chi connectivity index (χ0) is 22.4. The number of pyridine rings is 1.